The minimum absolute atomic E-state index is 0.00478. The number of anilines is 1. The number of methoxy groups -OCH3 is 2. The number of aromatic nitrogens is 4. The summed E-state index contributed by atoms with van der Waals surface area (Å²) in [5.41, 5.74) is -0.224. The molecule has 2 atom stereocenters. The summed E-state index contributed by atoms with van der Waals surface area (Å²) in [6.45, 7) is 4.19. The van der Waals surface area contributed by atoms with E-state index in [2.05, 4.69) is 34.7 Å². The van der Waals surface area contributed by atoms with Crippen molar-refractivity contribution in [3.63, 3.8) is 0 Å². The Hall–Kier alpha value is -1.85. The Bertz CT molecular complexity index is 1210. The van der Waals surface area contributed by atoms with Crippen molar-refractivity contribution < 1.29 is 38.7 Å². The number of nitrogens with one attached hydrogen (secondary N) is 1. The van der Waals surface area contributed by atoms with E-state index in [9.17, 15) is 9.59 Å². The van der Waals surface area contributed by atoms with Crippen LogP contribution in [0.5, 0.6) is 0 Å². The van der Waals surface area contributed by atoms with Crippen LogP contribution in [0.4, 0.5) is 5.82 Å². The van der Waals surface area contributed by atoms with E-state index in [1.807, 2.05) is 4.90 Å². The fraction of sp³-hybridized carbons (Fsp3) is 0.583. The summed E-state index contributed by atoms with van der Waals surface area (Å²) in [5.74, 6) is -1.05. The number of rotatable bonds is 7. The van der Waals surface area contributed by atoms with Gasteiger partial charge in [-0.15, -0.1) is 0 Å². The number of aliphatic hydroxyl groups is 2. The first kappa shape index (κ1) is 37.3. The number of esters is 2. The molecule has 2 saturated heterocycles. The Morgan fingerprint density at radius 2 is 1.44 bits per heavy atom. The highest BCUT2D eigenvalue weighted by Crippen LogP contribution is 2.31. The molecular weight excluding hydrogens is 678 g/mol. The lowest BCUT2D eigenvalue weighted by atomic mass is 10.1. The standard InChI is InChI=1S/C12H15Cl2N3O4.C6H3Cl3N2O2.C6H13NO2/c1-20-11(19)9-8(13)10(16-12(14)15-9)17-3-5-21-6-7(17)2-4-18;1-13-5(12)3-2(7)4(8)11-6(9)10-3;8-3-1-6-5-9-4-2-7-6/h7,18H,2-6H2,1H3;1H3;6-8H,1-5H2/t7-;;6-/m1.1/s1. The summed E-state index contributed by atoms with van der Waals surface area (Å²) in [6, 6.07) is 0.279. The number of nitrogens with zero attached hydrogens (tertiary/aromatic N) is 5. The van der Waals surface area contributed by atoms with Gasteiger partial charge in [-0.3, -0.25) is 0 Å². The molecule has 0 aromatic carbocycles. The fourth-order valence-corrected chi connectivity index (χ4v) is 4.72. The first-order valence-electron chi connectivity index (χ1n) is 12.7. The summed E-state index contributed by atoms with van der Waals surface area (Å²) >= 11 is 28.7. The molecule has 4 rings (SSSR count). The van der Waals surface area contributed by atoms with Gasteiger partial charge in [-0.1, -0.05) is 34.8 Å². The number of hydrogen-bond donors (Lipinski definition) is 3. The molecule has 2 aromatic heterocycles. The smallest absolute Gasteiger partial charge is 0.358 e. The van der Waals surface area contributed by atoms with Gasteiger partial charge in [0.15, 0.2) is 22.4 Å². The van der Waals surface area contributed by atoms with Crippen molar-refractivity contribution in [2.24, 2.45) is 0 Å². The Morgan fingerprint density at radius 3 is 2.00 bits per heavy atom. The number of halogens is 5. The van der Waals surface area contributed by atoms with Gasteiger partial charge in [0, 0.05) is 32.3 Å². The molecule has 2 aromatic rings. The maximum absolute atomic E-state index is 11.7. The van der Waals surface area contributed by atoms with Crippen molar-refractivity contribution in [2.75, 3.05) is 71.9 Å². The lowest BCUT2D eigenvalue weighted by Crippen LogP contribution is -2.46. The van der Waals surface area contributed by atoms with Crippen LogP contribution in [-0.4, -0.2) is 121 Å². The SMILES string of the molecule is COC(=O)c1nc(Cl)nc(Cl)c1Cl.COC(=O)c1nc(Cl)nc(N2CCOC[C@H]2CCO)c1Cl.OCC[C@@H]1COCCN1. The molecule has 2 aliphatic heterocycles. The van der Waals surface area contributed by atoms with Gasteiger partial charge in [-0.25, -0.2) is 24.5 Å². The maximum Gasteiger partial charge on any atom is 0.358 e. The minimum Gasteiger partial charge on any atom is -0.464 e. The normalized spacial score (nSPS) is 18.0. The van der Waals surface area contributed by atoms with Crippen molar-refractivity contribution in [3.05, 3.63) is 37.2 Å². The largest absolute Gasteiger partial charge is 0.464 e. The van der Waals surface area contributed by atoms with E-state index >= 15 is 0 Å². The van der Waals surface area contributed by atoms with E-state index in [0.717, 1.165) is 26.2 Å². The molecule has 0 radical (unpaired) electrons. The van der Waals surface area contributed by atoms with E-state index in [1.54, 1.807) is 0 Å². The number of carbonyl (C=O) groups is 2. The van der Waals surface area contributed by atoms with Gasteiger partial charge in [0.2, 0.25) is 10.6 Å². The third-order valence-corrected chi connectivity index (χ3v) is 7.20. The molecule has 0 saturated carbocycles. The van der Waals surface area contributed by atoms with Gasteiger partial charge in [0.05, 0.1) is 46.7 Å². The summed E-state index contributed by atoms with van der Waals surface area (Å²) < 4.78 is 19.6. The van der Waals surface area contributed by atoms with Crippen LogP contribution in [0, 0.1) is 0 Å². The molecule has 2 aliphatic rings. The fourth-order valence-electron chi connectivity index (χ4n) is 3.74. The van der Waals surface area contributed by atoms with Gasteiger partial charge in [-0.05, 0) is 36.0 Å². The molecule has 240 valence electrons. The van der Waals surface area contributed by atoms with Crippen LogP contribution in [0.15, 0.2) is 0 Å². The molecule has 43 heavy (non-hydrogen) atoms. The second kappa shape index (κ2) is 19.5. The zero-order valence-electron chi connectivity index (χ0n) is 23.2. The summed E-state index contributed by atoms with van der Waals surface area (Å²) in [5, 5.41) is 20.6. The number of carbonyl (C=O) groups excluding carboxylic acids is 2. The monoisotopic (exact) mass is 706 g/mol. The average Bonchev–Trinajstić information content (AvgIpc) is 3.01. The van der Waals surface area contributed by atoms with Crippen LogP contribution in [0.1, 0.15) is 33.8 Å². The van der Waals surface area contributed by atoms with Gasteiger partial charge in [0.1, 0.15) is 10.0 Å². The molecule has 19 heteroatoms. The molecule has 0 bridgehead atoms. The predicted molar refractivity (Wildman–Crippen MR) is 160 cm³/mol. The summed E-state index contributed by atoms with van der Waals surface area (Å²) in [4.78, 5) is 39.6. The van der Waals surface area contributed by atoms with E-state index in [-0.39, 0.29) is 56.4 Å². The van der Waals surface area contributed by atoms with E-state index in [0.29, 0.717) is 38.0 Å². The van der Waals surface area contributed by atoms with Crippen molar-refractivity contribution in [3.8, 4) is 0 Å². The molecular formula is C24H31Cl5N6O8. The highest BCUT2D eigenvalue weighted by Gasteiger charge is 2.29. The Kier molecular flexibility index (Phi) is 16.9. The average molecular weight is 709 g/mol. The summed E-state index contributed by atoms with van der Waals surface area (Å²) in [6.07, 6.45) is 1.30. The quantitative estimate of drug-likeness (QED) is 0.217. The van der Waals surface area contributed by atoms with Crippen molar-refractivity contribution in [1.82, 2.24) is 25.3 Å². The highest BCUT2D eigenvalue weighted by atomic mass is 35.5. The Balaban J connectivity index is 0.000000249. The second-order valence-electron chi connectivity index (χ2n) is 8.58. The molecule has 4 heterocycles. The Morgan fingerprint density at radius 1 is 0.860 bits per heavy atom. The number of aliphatic hydroxyl groups excluding tert-OH is 2. The lowest BCUT2D eigenvalue weighted by Gasteiger charge is -2.36. The van der Waals surface area contributed by atoms with Crippen LogP contribution in [-0.2, 0) is 18.9 Å². The molecule has 2 fully saturated rings. The predicted octanol–water partition coefficient (Wildman–Crippen LogP) is 2.74. The van der Waals surface area contributed by atoms with E-state index in [4.69, 9.17) is 77.7 Å². The lowest BCUT2D eigenvalue weighted by molar-refractivity contribution is 0.0585. The molecule has 14 nitrogen and oxygen atoms in total. The zero-order valence-corrected chi connectivity index (χ0v) is 27.0. The number of hydrogen-bond acceptors (Lipinski definition) is 14. The third-order valence-electron chi connectivity index (χ3n) is 5.79. The van der Waals surface area contributed by atoms with Gasteiger partial charge >= 0.3 is 11.9 Å². The van der Waals surface area contributed by atoms with Crippen LogP contribution in [0.3, 0.4) is 0 Å². The third kappa shape index (κ3) is 11.5. The first-order chi connectivity index (χ1) is 20.6. The van der Waals surface area contributed by atoms with Crippen LogP contribution < -0.4 is 10.2 Å². The highest BCUT2D eigenvalue weighted by molar-refractivity contribution is 6.43. The van der Waals surface area contributed by atoms with Gasteiger partial charge in [-0.2, -0.15) is 4.98 Å². The minimum atomic E-state index is -0.712. The van der Waals surface area contributed by atoms with Gasteiger partial charge < -0.3 is 39.4 Å². The first-order valence-corrected chi connectivity index (χ1v) is 14.6. The molecule has 3 N–H and O–H groups in total. The molecule has 0 aliphatic carbocycles. The topological polar surface area (TPSA) is 178 Å². The van der Waals surface area contributed by atoms with Crippen LogP contribution >= 0.6 is 58.0 Å². The summed E-state index contributed by atoms with van der Waals surface area (Å²) in [7, 11) is 2.43. The number of ether oxygens (including phenoxy) is 4. The van der Waals surface area contributed by atoms with E-state index in [1.165, 1.54) is 14.2 Å². The van der Waals surface area contributed by atoms with Crippen molar-refractivity contribution in [2.45, 2.75) is 24.9 Å². The van der Waals surface area contributed by atoms with Crippen LogP contribution in [0.25, 0.3) is 0 Å². The Labute approximate surface area is 272 Å². The molecule has 0 amide bonds. The number of morpholine rings is 2. The van der Waals surface area contributed by atoms with Crippen LogP contribution in [0.2, 0.25) is 25.8 Å². The molecule has 0 unspecified atom stereocenters. The van der Waals surface area contributed by atoms with Gasteiger partial charge in [0.25, 0.3) is 0 Å². The van der Waals surface area contributed by atoms with Crippen molar-refractivity contribution >= 4 is 75.8 Å². The van der Waals surface area contributed by atoms with Crippen molar-refractivity contribution in [1.29, 1.82) is 0 Å². The maximum atomic E-state index is 11.7. The zero-order chi connectivity index (χ0) is 31.9. The van der Waals surface area contributed by atoms with E-state index < -0.39 is 11.9 Å². The molecule has 0 spiro atoms. The second-order valence-corrected chi connectivity index (χ2v) is 10.4.